The van der Waals surface area contributed by atoms with Crippen molar-refractivity contribution >= 4 is 28.7 Å². The maximum atomic E-state index is 12.6. The van der Waals surface area contributed by atoms with Crippen LogP contribution in [0.5, 0.6) is 5.75 Å². The average molecular weight is 396 g/mol. The van der Waals surface area contributed by atoms with Gasteiger partial charge in [0.25, 0.3) is 5.91 Å². The number of aromatic nitrogens is 4. The van der Waals surface area contributed by atoms with Crippen molar-refractivity contribution in [2.45, 2.75) is 0 Å². The van der Waals surface area contributed by atoms with Gasteiger partial charge in [-0.25, -0.2) is 19.3 Å². The van der Waals surface area contributed by atoms with Gasteiger partial charge in [-0.1, -0.05) is 11.6 Å². The lowest BCUT2D eigenvalue weighted by Gasteiger charge is -2.07. The van der Waals surface area contributed by atoms with E-state index in [2.05, 4.69) is 15.0 Å². The standard InChI is InChI=1S/C19H14ClN5O3/c1-28-13-8-2-10(3-9-13)17-22-14(16(21)26)15-18(24-17)25(19(27)23-15)12-6-4-11(20)5-7-12/h2-9H,1H3,(H2,21,26)(H,23,27). The number of fused-ring (bicyclic) bond motifs is 1. The second kappa shape index (κ2) is 6.82. The Kier molecular flexibility index (Phi) is 4.32. The molecular formula is C19H14ClN5O3. The molecule has 0 aliphatic heterocycles. The number of carbonyl (C=O) groups excluding carboxylic acids is 1. The number of H-pyrrole nitrogens is 1. The minimum Gasteiger partial charge on any atom is -0.497 e. The van der Waals surface area contributed by atoms with Crippen LogP contribution in [0.25, 0.3) is 28.2 Å². The van der Waals surface area contributed by atoms with Crippen LogP contribution in [0.3, 0.4) is 0 Å². The minimum atomic E-state index is -0.772. The molecule has 0 radical (unpaired) electrons. The van der Waals surface area contributed by atoms with Gasteiger partial charge < -0.3 is 15.5 Å². The Morgan fingerprint density at radius 3 is 2.39 bits per heavy atom. The Labute approximate surface area is 163 Å². The van der Waals surface area contributed by atoms with E-state index in [1.807, 2.05) is 0 Å². The second-order valence-electron chi connectivity index (χ2n) is 5.93. The summed E-state index contributed by atoms with van der Waals surface area (Å²) in [5.74, 6) is 0.150. The predicted molar refractivity (Wildman–Crippen MR) is 105 cm³/mol. The average Bonchev–Trinajstić information content (AvgIpc) is 3.03. The van der Waals surface area contributed by atoms with Gasteiger partial charge in [0.2, 0.25) is 0 Å². The number of hydrogen-bond acceptors (Lipinski definition) is 5. The van der Waals surface area contributed by atoms with E-state index in [0.717, 1.165) is 0 Å². The molecule has 4 aromatic rings. The number of nitrogens with two attached hydrogens (primary N) is 1. The second-order valence-corrected chi connectivity index (χ2v) is 6.37. The van der Waals surface area contributed by atoms with Crippen LogP contribution < -0.4 is 16.2 Å². The molecule has 0 aliphatic carbocycles. The monoisotopic (exact) mass is 395 g/mol. The fraction of sp³-hybridized carbons (Fsp3) is 0.0526. The predicted octanol–water partition coefficient (Wildman–Crippen LogP) is 2.54. The van der Waals surface area contributed by atoms with E-state index in [-0.39, 0.29) is 22.7 Å². The molecule has 2 heterocycles. The van der Waals surface area contributed by atoms with Crippen LogP contribution >= 0.6 is 11.6 Å². The number of methoxy groups -OCH3 is 1. The van der Waals surface area contributed by atoms with Crippen LogP contribution in [0.2, 0.25) is 5.02 Å². The summed E-state index contributed by atoms with van der Waals surface area (Å²) in [5, 5.41) is 0.531. The molecule has 2 aromatic carbocycles. The van der Waals surface area contributed by atoms with E-state index in [1.54, 1.807) is 55.6 Å². The number of rotatable bonds is 4. The van der Waals surface area contributed by atoms with Crippen molar-refractivity contribution < 1.29 is 9.53 Å². The molecule has 2 aromatic heterocycles. The third kappa shape index (κ3) is 2.99. The van der Waals surface area contributed by atoms with Gasteiger partial charge in [0.15, 0.2) is 17.2 Å². The summed E-state index contributed by atoms with van der Waals surface area (Å²) in [6.07, 6.45) is 0. The summed E-state index contributed by atoms with van der Waals surface area (Å²) in [6, 6.07) is 13.7. The summed E-state index contributed by atoms with van der Waals surface area (Å²) in [7, 11) is 1.56. The van der Waals surface area contributed by atoms with Gasteiger partial charge in [-0.05, 0) is 48.5 Å². The number of carbonyl (C=O) groups is 1. The zero-order valence-electron chi connectivity index (χ0n) is 14.6. The molecular weight excluding hydrogens is 382 g/mol. The van der Waals surface area contributed by atoms with E-state index in [9.17, 15) is 9.59 Å². The molecule has 0 aliphatic rings. The molecule has 140 valence electrons. The van der Waals surface area contributed by atoms with Crippen molar-refractivity contribution in [3.05, 3.63) is 69.7 Å². The lowest BCUT2D eigenvalue weighted by atomic mass is 10.2. The van der Waals surface area contributed by atoms with E-state index in [1.165, 1.54) is 4.57 Å². The highest BCUT2D eigenvalue weighted by Crippen LogP contribution is 2.24. The Morgan fingerprint density at radius 2 is 1.79 bits per heavy atom. The van der Waals surface area contributed by atoms with Gasteiger partial charge in [-0.3, -0.25) is 4.79 Å². The molecule has 0 atom stereocenters. The third-order valence-corrected chi connectivity index (χ3v) is 4.46. The molecule has 0 bridgehead atoms. The number of amides is 1. The van der Waals surface area contributed by atoms with E-state index < -0.39 is 11.6 Å². The first-order chi connectivity index (χ1) is 13.5. The number of ether oxygens (including phenoxy) is 1. The van der Waals surface area contributed by atoms with Gasteiger partial charge in [0, 0.05) is 10.6 Å². The molecule has 0 saturated heterocycles. The Bertz CT molecular complexity index is 1240. The largest absolute Gasteiger partial charge is 0.497 e. The molecule has 0 saturated carbocycles. The summed E-state index contributed by atoms with van der Waals surface area (Å²) >= 11 is 5.94. The molecule has 4 rings (SSSR count). The SMILES string of the molecule is COc1ccc(-c2nc(C(N)=O)c3[nH]c(=O)n(-c4ccc(Cl)cc4)c3n2)cc1. The van der Waals surface area contributed by atoms with Crippen molar-refractivity contribution in [1.82, 2.24) is 19.5 Å². The highest BCUT2D eigenvalue weighted by molar-refractivity contribution is 6.30. The molecule has 0 unspecified atom stereocenters. The topological polar surface area (TPSA) is 116 Å². The Balaban J connectivity index is 2.00. The van der Waals surface area contributed by atoms with Gasteiger partial charge in [-0.2, -0.15) is 0 Å². The van der Waals surface area contributed by atoms with Crippen molar-refractivity contribution in [2.75, 3.05) is 7.11 Å². The number of benzene rings is 2. The Hall–Kier alpha value is -3.65. The van der Waals surface area contributed by atoms with Gasteiger partial charge >= 0.3 is 5.69 Å². The van der Waals surface area contributed by atoms with Gasteiger partial charge in [0.1, 0.15) is 11.3 Å². The first-order valence-electron chi connectivity index (χ1n) is 8.21. The summed E-state index contributed by atoms with van der Waals surface area (Å²) in [4.78, 5) is 35.9. The number of nitrogens with one attached hydrogen (secondary N) is 1. The molecule has 1 amide bonds. The van der Waals surface area contributed by atoms with E-state index in [0.29, 0.717) is 22.0 Å². The molecule has 0 fully saturated rings. The number of aromatic amines is 1. The van der Waals surface area contributed by atoms with Crippen molar-refractivity contribution in [3.8, 4) is 22.8 Å². The molecule has 8 nitrogen and oxygen atoms in total. The number of primary amides is 1. The maximum Gasteiger partial charge on any atom is 0.332 e. The zero-order chi connectivity index (χ0) is 19.8. The van der Waals surface area contributed by atoms with Gasteiger partial charge in [-0.15, -0.1) is 0 Å². The molecule has 28 heavy (non-hydrogen) atoms. The van der Waals surface area contributed by atoms with Crippen LogP contribution in [0.1, 0.15) is 10.5 Å². The lowest BCUT2D eigenvalue weighted by Crippen LogP contribution is -2.15. The summed E-state index contributed by atoms with van der Waals surface area (Å²) in [5.41, 5.74) is 6.54. The minimum absolute atomic E-state index is 0.0689. The smallest absolute Gasteiger partial charge is 0.332 e. The first-order valence-corrected chi connectivity index (χ1v) is 8.58. The quantitative estimate of drug-likeness (QED) is 0.550. The van der Waals surface area contributed by atoms with Crippen LogP contribution in [0.4, 0.5) is 0 Å². The van der Waals surface area contributed by atoms with Crippen LogP contribution in [0, 0.1) is 0 Å². The van der Waals surface area contributed by atoms with Crippen molar-refractivity contribution in [1.29, 1.82) is 0 Å². The summed E-state index contributed by atoms with van der Waals surface area (Å²) < 4.78 is 6.49. The van der Waals surface area contributed by atoms with Crippen LogP contribution in [-0.2, 0) is 0 Å². The van der Waals surface area contributed by atoms with Crippen LogP contribution in [0.15, 0.2) is 53.3 Å². The van der Waals surface area contributed by atoms with E-state index in [4.69, 9.17) is 22.1 Å². The number of nitrogens with zero attached hydrogens (tertiary/aromatic N) is 3. The van der Waals surface area contributed by atoms with Crippen molar-refractivity contribution in [2.24, 2.45) is 5.73 Å². The lowest BCUT2D eigenvalue weighted by molar-refractivity contribution is 0.0997. The summed E-state index contributed by atoms with van der Waals surface area (Å²) in [6.45, 7) is 0. The fourth-order valence-corrected chi connectivity index (χ4v) is 2.99. The highest BCUT2D eigenvalue weighted by Gasteiger charge is 2.20. The number of imidazole rings is 1. The first kappa shape index (κ1) is 17.7. The zero-order valence-corrected chi connectivity index (χ0v) is 15.4. The van der Waals surface area contributed by atoms with Crippen molar-refractivity contribution in [3.63, 3.8) is 0 Å². The molecule has 9 heteroatoms. The van der Waals surface area contributed by atoms with Crippen LogP contribution in [-0.4, -0.2) is 32.5 Å². The maximum absolute atomic E-state index is 12.6. The number of halogens is 1. The highest BCUT2D eigenvalue weighted by atomic mass is 35.5. The number of hydrogen-bond donors (Lipinski definition) is 2. The normalized spacial score (nSPS) is 10.9. The Morgan fingerprint density at radius 1 is 1.11 bits per heavy atom. The third-order valence-electron chi connectivity index (χ3n) is 4.20. The van der Waals surface area contributed by atoms with E-state index >= 15 is 0 Å². The van der Waals surface area contributed by atoms with Gasteiger partial charge in [0.05, 0.1) is 12.8 Å². The molecule has 0 spiro atoms. The fourth-order valence-electron chi connectivity index (χ4n) is 2.86. The molecule has 3 N–H and O–H groups in total.